The second kappa shape index (κ2) is 9.99. The molecule has 2 N–H and O–H groups in total. The van der Waals surface area contributed by atoms with Crippen LogP contribution in [0.4, 0.5) is 5.69 Å². The minimum absolute atomic E-state index is 0.131. The van der Waals surface area contributed by atoms with Gasteiger partial charge in [-0.3, -0.25) is 15.1 Å². The van der Waals surface area contributed by atoms with Crippen molar-refractivity contribution in [3.05, 3.63) is 78.1 Å². The first-order valence-electron chi connectivity index (χ1n) is 11.7. The molecule has 1 amide bonds. The molecule has 3 heterocycles. The average Bonchev–Trinajstić information content (AvgIpc) is 2.99. The number of carbonyl (C=O) groups is 1. The van der Waals surface area contributed by atoms with Crippen molar-refractivity contribution in [2.45, 2.75) is 24.6 Å². The highest BCUT2D eigenvalue weighted by Crippen LogP contribution is 2.32. The summed E-state index contributed by atoms with van der Waals surface area (Å²) in [5, 5.41) is 13.5. The molecular weight excluding hydrogens is 458 g/mol. The van der Waals surface area contributed by atoms with Crippen molar-refractivity contribution in [1.82, 2.24) is 10.3 Å². The number of rotatable bonds is 5. The first-order valence-corrected chi connectivity index (χ1v) is 11.7. The van der Waals surface area contributed by atoms with Crippen LogP contribution in [-0.4, -0.2) is 54.5 Å². The second-order valence-corrected chi connectivity index (χ2v) is 8.94. The molecule has 0 bridgehead atoms. The maximum absolute atomic E-state index is 13.3. The summed E-state index contributed by atoms with van der Waals surface area (Å²) in [5.41, 5.74) is 0.942. The lowest BCUT2D eigenvalue weighted by atomic mass is 10.0. The Kier molecular flexibility index (Phi) is 6.61. The number of benzene rings is 2. The number of anilines is 1. The molecule has 8 nitrogen and oxygen atoms in total. The highest BCUT2D eigenvalue weighted by molar-refractivity contribution is 5.99. The van der Waals surface area contributed by atoms with E-state index in [0.717, 1.165) is 11.4 Å². The quantitative estimate of drug-likeness (QED) is 0.537. The van der Waals surface area contributed by atoms with Crippen LogP contribution in [0.15, 0.2) is 66.9 Å². The molecule has 1 saturated heterocycles. The van der Waals surface area contributed by atoms with Crippen LogP contribution >= 0.6 is 0 Å². The van der Waals surface area contributed by atoms with Crippen molar-refractivity contribution in [1.29, 1.82) is 0 Å². The van der Waals surface area contributed by atoms with E-state index in [9.17, 15) is 9.90 Å². The van der Waals surface area contributed by atoms with E-state index in [1.807, 2.05) is 49.4 Å². The molecule has 5 rings (SSSR count). The normalized spacial score (nSPS) is 19.0. The summed E-state index contributed by atoms with van der Waals surface area (Å²) in [6, 6.07) is 17.8. The standard InChI is InChI=1S/C28H27N3O5/c1-19(23-15-22(11-13-29-23)36-21-6-4-3-5-7-21)30-24-16-35-26-9-8-20(10-12-28(33)17-34-18-28)14-25(26)31(2)27(24)32/h3-9,11,13-15,19,24,30,33H,16-18H2,1-2H3. The molecule has 1 aromatic heterocycles. The Morgan fingerprint density at radius 2 is 1.97 bits per heavy atom. The predicted molar refractivity (Wildman–Crippen MR) is 134 cm³/mol. The molecule has 8 heteroatoms. The number of likely N-dealkylation sites (N-methyl/N-ethyl adjacent to an activating group) is 1. The molecule has 2 aliphatic rings. The Morgan fingerprint density at radius 1 is 1.17 bits per heavy atom. The van der Waals surface area contributed by atoms with Crippen molar-refractivity contribution < 1.29 is 24.1 Å². The predicted octanol–water partition coefficient (Wildman–Crippen LogP) is 3.06. The van der Waals surface area contributed by atoms with E-state index in [-0.39, 0.29) is 31.8 Å². The molecular formula is C28H27N3O5. The topological polar surface area (TPSA) is 93.2 Å². The molecule has 2 unspecified atom stereocenters. The first kappa shape index (κ1) is 23.8. The molecule has 2 atom stereocenters. The molecule has 0 aliphatic carbocycles. The average molecular weight is 486 g/mol. The second-order valence-electron chi connectivity index (χ2n) is 8.94. The fourth-order valence-electron chi connectivity index (χ4n) is 3.99. The van der Waals surface area contributed by atoms with Gasteiger partial charge in [0.1, 0.15) is 29.9 Å². The Balaban J connectivity index is 1.28. The molecule has 2 aliphatic heterocycles. The number of hydrogen-bond donors (Lipinski definition) is 2. The SMILES string of the molecule is CC(NC1COc2ccc(C#CC3(O)COC3)cc2N(C)C1=O)c1cc(Oc2ccccc2)ccn1. The van der Waals surface area contributed by atoms with Gasteiger partial charge >= 0.3 is 0 Å². The first-order chi connectivity index (χ1) is 17.4. The van der Waals surface area contributed by atoms with Gasteiger partial charge in [0, 0.05) is 30.9 Å². The summed E-state index contributed by atoms with van der Waals surface area (Å²) in [4.78, 5) is 19.3. The molecule has 2 aromatic carbocycles. The number of fused-ring (bicyclic) bond motifs is 1. The molecule has 184 valence electrons. The zero-order chi connectivity index (χ0) is 25.1. The lowest BCUT2D eigenvalue weighted by Gasteiger charge is -2.30. The van der Waals surface area contributed by atoms with Crippen LogP contribution in [-0.2, 0) is 9.53 Å². The van der Waals surface area contributed by atoms with Crippen LogP contribution in [0.3, 0.4) is 0 Å². The van der Waals surface area contributed by atoms with Gasteiger partial charge in [-0.05, 0) is 43.3 Å². The minimum atomic E-state index is -1.10. The lowest BCUT2D eigenvalue weighted by molar-refractivity contribution is -0.140. The van der Waals surface area contributed by atoms with E-state index in [2.05, 4.69) is 22.1 Å². The Hall–Kier alpha value is -3.90. The van der Waals surface area contributed by atoms with Crippen LogP contribution < -0.4 is 19.7 Å². The van der Waals surface area contributed by atoms with Crippen LogP contribution in [0, 0.1) is 11.8 Å². The number of aliphatic hydroxyl groups is 1. The number of ether oxygens (including phenoxy) is 3. The molecule has 0 spiro atoms. The highest BCUT2D eigenvalue weighted by atomic mass is 16.5. The largest absolute Gasteiger partial charge is 0.489 e. The van der Waals surface area contributed by atoms with Crippen LogP contribution in [0.1, 0.15) is 24.2 Å². The third-order valence-electron chi connectivity index (χ3n) is 6.10. The summed E-state index contributed by atoms with van der Waals surface area (Å²) in [7, 11) is 1.71. The van der Waals surface area contributed by atoms with Crippen LogP contribution in [0.5, 0.6) is 17.2 Å². The van der Waals surface area contributed by atoms with Gasteiger partial charge in [0.2, 0.25) is 5.91 Å². The molecule has 0 radical (unpaired) electrons. The van der Waals surface area contributed by atoms with E-state index in [0.29, 0.717) is 22.7 Å². The maximum atomic E-state index is 13.3. The Morgan fingerprint density at radius 3 is 2.72 bits per heavy atom. The van der Waals surface area contributed by atoms with Gasteiger partial charge in [0.05, 0.1) is 24.6 Å². The van der Waals surface area contributed by atoms with Crippen molar-refractivity contribution in [2.75, 3.05) is 31.8 Å². The van der Waals surface area contributed by atoms with Crippen molar-refractivity contribution >= 4 is 11.6 Å². The van der Waals surface area contributed by atoms with E-state index < -0.39 is 11.6 Å². The van der Waals surface area contributed by atoms with Gasteiger partial charge in [0.25, 0.3) is 0 Å². The van der Waals surface area contributed by atoms with E-state index in [4.69, 9.17) is 14.2 Å². The highest BCUT2D eigenvalue weighted by Gasteiger charge is 2.34. The third-order valence-corrected chi connectivity index (χ3v) is 6.10. The van der Waals surface area contributed by atoms with Gasteiger partial charge in [-0.1, -0.05) is 30.0 Å². The van der Waals surface area contributed by atoms with Crippen molar-refractivity contribution in [3.63, 3.8) is 0 Å². The molecule has 1 fully saturated rings. The summed E-state index contributed by atoms with van der Waals surface area (Å²) >= 11 is 0. The number of amides is 1. The third kappa shape index (κ3) is 5.19. The summed E-state index contributed by atoms with van der Waals surface area (Å²) in [5.74, 6) is 7.68. The van der Waals surface area contributed by atoms with E-state index >= 15 is 0 Å². The number of carbonyl (C=O) groups excluding carboxylic acids is 1. The van der Waals surface area contributed by atoms with Crippen LogP contribution in [0.2, 0.25) is 0 Å². The summed E-state index contributed by atoms with van der Waals surface area (Å²) in [6.07, 6.45) is 1.69. The van der Waals surface area contributed by atoms with E-state index in [1.165, 1.54) is 0 Å². The van der Waals surface area contributed by atoms with Crippen LogP contribution in [0.25, 0.3) is 0 Å². The van der Waals surface area contributed by atoms with Gasteiger partial charge < -0.3 is 24.2 Å². The Bertz CT molecular complexity index is 1310. The number of hydrogen-bond acceptors (Lipinski definition) is 7. The summed E-state index contributed by atoms with van der Waals surface area (Å²) in [6.45, 7) is 2.52. The lowest BCUT2D eigenvalue weighted by Crippen LogP contribution is -2.48. The summed E-state index contributed by atoms with van der Waals surface area (Å²) < 4.78 is 16.9. The monoisotopic (exact) mass is 485 g/mol. The van der Waals surface area contributed by atoms with Crippen molar-refractivity contribution in [3.8, 4) is 29.1 Å². The zero-order valence-electron chi connectivity index (χ0n) is 20.1. The Labute approximate surface area is 209 Å². The number of para-hydroxylation sites is 1. The number of nitrogens with one attached hydrogen (secondary N) is 1. The number of pyridine rings is 1. The zero-order valence-corrected chi connectivity index (χ0v) is 20.1. The van der Waals surface area contributed by atoms with Gasteiger partial charge in [-0.2, -0.15) is 0 Å². The molecule has 36 heavy (non-hydrogen) atoms. The maximum Gasteiger partial charge on any atom is 0.247 e. The fourth-order valence-corrected chi connectivity index (χ4v) is 3.99. The molecule has 0 saturated carbocycles. The van der Waals surface area contributed by atoms with Gasteiger partial charge in [-0.15, -0.1) is 0 Å². The number of nitrogens with zero attached hydrogens (tertiary/aromatic N) is 2. The molecule has 3 aromatic rings. The number of aromatic nitrogens is 1. The minimum Gasteiger partial charge on any atom is -0.489 e. The fraction of sp³-hybridized carbons (Fsp3) is 0.286. The van der Waals surface area contributed by atoms with Crippen molar-refractivity contribution in [2.24, 2.45) is 0 Å². The smallest absolute Gasteiger partial charge is 0.247 e. The van der Waals surface area contributed by atoms with Gasteiger partial charge in [-0.25, -0.2) is 0 Å². The van der Waals surface area contributed by atoms with E-state index in [1.54, 1.807) is 36.3 Å². The van der Waals surface area contributed by atoms with Gasteiger partial charge in [0.15, 0.2) is 5.60 Å².